The number of carbonyl (C=O) groups is 2. The third-order valence-corrected chi connectivity index (χ3v) is 5.95. The Balaban J connectivity index is 2.21. The molecule has 200 valence electrons. The summed E-state index contributed by atoms with van der Waals surface area (Å²) in [6.07, 6.45) is 1.89. The van der Waals surface area contributed by atoms with Gasteiger partial charge < -0.3 is 23.7 Å². The van der Waals surface area contributed by atoms with Gasteiger partial charge in [0.05, 0.1) is 27.3 Å². The summed E-state index contributed by atoms with van der Waals surface area (Å²) in [5, 5.41) is 0. The van der Waals surface area contributed by atoms with Crippen molar-refractivity contribution >= 4 is 11.8 Å². The first kappa shape index (κ1) is 29.3. The van der Waals surface area contributed by atoms with Gasteiger partial charge >= 0.3 is 0 Å². The zero-order chi connectivity index (χ0) is 26.9. The fraction of sp³-hybridized carbons (Fsp3) is 0.586. The van der Waals surface area contributed by atoms with Crippen LogP contribution in [0.4, 0.5) is 0 Å². The lowest BCUT2D eigenvalue weighted by atomic mass is 9.91. The van der Waals surface area contributed by atoms with Crippen LogP contribution >= 0.6 is 0 Å². The Morgan fingerprint density at radius 3 is 2.19 bits per heavy atom. The first-order valence-corrected chi connectivity index (χ1v) is 12.7. The summed E-state index contributed by atoms with van der Waals surface area (Å²) in [6.45, 7) is 13.7. The standard InChI is InChI=1S/C29H44N2O5/c1-21(2)13-15-31(27(32)18-29(4,5)6)20-28(33)30(19-24-11-9-22(3)36-24)16-14-23-10-12-25(34-7)26(17-23)35-8/h9-12,17,21H,13-16,18-20H2,1-8H3. The fourth-order valence-electron chi connectivity index (χ4n) is 3.89. The quantitative estimate of drug-likeness (QED) is 0.364. The predicted octanol–water partition coefficient (Wildman–Crippen LogP) is 5.49. The van der Waals surface area contributed by atoms with Gasteiger partial charge in [0.2, 0.25) is 11.8 Å². The van der Waals surface area contributed by atoms with Gasteiger partial charge in [0.25, 0.3) is 0 Å². The second kappa shape index (κ2) is 13.4. The summed E-state index contributed by atoms with van der Waals surface area (Å²) in [4.78, 5) is 30.2. The second-order valence-corrected chi connectivity index (χ2v) is 11.0. The topological polar surface area (TPSA) is 72.2 Å². The molecule has 0 fully saturated rings. The Morgan fingerprint density at radius 1 is 0.944 bits per heavy atom. The zero-order valence-corrected chi connectivity index (χ0v) is 23.3. The van der Waals surface area contributed by atoms with Crippen LogP contribution in [0.15, 0.2) is 34.7 Å². The van der Waals surface area contributed by atoms with Crippen molar-refractivity contribution in [1.29, 1.82) is 0 Å². The minimum atomic E-state index is -0.144. The molecule has 2 amide bonds. The Kier molecular flexibility index (Phi) is 10.9. The van der Waals surface area contributed by atoms with E-state index in [4.69, 9.17) is 13.9 Å². The fourth-order valence-corrected chi connectivity index (χ4v) is 3.89. The number of aryl methyl sites for hydroxylation is 1. The van der Waals surface area contributed by atoms with Crippen LogP contribution in [-0.2, 0) is 22.6 Å². The number of furan rings is 1. The van der Waals surface area contributed by atoms with Crippen LogP contribution in [0, 0.1) is 18.3 Å². The molecule has 1 aromatic carbocycles. The number of ether oxygens (including phenoxy) is 2. The first-order chi connectivity index (χ1) is 16.9. The zero-order valence-electron chi connectivity index (χ0n) is 23.3. The molecule has 2 rings (SSSR count). The predicted molar refractivity (Wildman–Crippen MR) is 142 cm³/mol. The van der Waals surface area contributed by atoms with Crippen molar-refractivity contribution in [2.45, 2.75) is 67.3 Å². The molecule has 0 aliphatic heterocycles. The monoisotopic (exact) mass is 500 g/mol. The van der Waals surface area contributed by atoms with Gasteiger partial charge in [-0.05, 0) is 60.9 Å². The second-order valence-electron chi connectivity index (χ2n) is 11.0. The van der Waals surface area contributed by atoms with Crippen LogP contribution in [0.5, 0.6) is 11.5 Å². The number of nitrogens with zero attached hydrogens (tertiary/aromatic N) is 2. The van der Waals surface area contributed by atoms with Crippen molar-refractivity contribution in [3.8, 4) is 11.5 Å². The Bertz CT molecular complexity index is 990. The van der Waals surface area contributed by atoms with Crippen molar-refractivity contribution in [2.75, 3.05) is 33.9 Å². The highest BCUT2D eigenvalue weighted by molar-refractivity contribution is 5.85. The maximum absolute atomic E-state index is 13.6. The van der Waals surface area contributed by atoms with E-state index in [1.807, 2.05) is 58.0 Å². The number of methoxy groups -OCH3 is 2. The average molecular weight is 501 g/mol. The smallest absolute Gasteiger partial charge is 0.242 e. The molecule has 1 heterocycles. The minimum absolute atomic E-state index is 0.0187. The van der Waals surface area contributed by atoms with Crippen molar-refractivity contribution in [3.63, 3.8) is 0 Å². The lowest BCUT2D eigenvalue weighted by Crippen LogP contribution is -2.44. The van der Waals surface area contributed by atoms with Gasteiger partial charge in [0.1, 0.15) is 11.5 Å². The van der Waals surface area contributed by atoms with Crippen molar-refractivity contribution in [1.82, 2.24) is 9.80 Å². The number of benzene rings is 1. The summed E-state index contributed by atoms with van der Waals surface area (Å²) in [5.74, 6) is 3.22. The van der Waals surface area contributed by atoms with E-state index in [0.29, 0.717) is 49.9 Å². The molecule has 0 aliphatic carbocycles. The van der Waals surface area contributed by atoms with Crippen LogP contribution in [-0.4, -0.2) is 55.5 Å². The van der Waals surface area contributed by atoms with E-state index >= 15 is 0 Å². The van der Waals surface area contributed by atoms with E-state index in [1.54, 1.807) is 24.0 Å². The highest BCUT2D eigenvalue weighted by atomic mass is 16.5. The van der Waals surface area contributed by atoms with Crippen molar-refractivity contribution < 1.29 is 23.5 Å². The average Bonchev–Trinajstić information content (AvgIpc) is 3.22. The van der Waals surface area contributed by atoms with Gasteiger partial charge in [-0.15, -0.1) is 0 Å². The molecule has 0 spiro atoms. The van der Waals surface area contributed by atoms with E-state index in [9.17, 15) is 9.59 Å². The van der Waals surface area contributed by atoms with E-state index in [0.717, 1.165) is 23.5 Å². The molecule has 0 bridgehead atoms. The Hall–Kier alpha value is -2.96. The summed E-state index contributed by atoms with van der Waals surface area (Å²) >= 11 is 0. The van der Waals surface area contributed by atoms with Gasteiger partial charge in [-0.2, -0.15) is 0 Å². The van der Waals surface area contributed by atoms with Crippen molar-refractivity contribution in [3.05, 3.63) is 47.4 Å². The van der Waals surface area contributed by atoms with E-state index < -0.39 is 0 Å². The van der Waals surface area contributed by atoms with Crippen LogP contribution in [0.2, 0.25) is 0 Å². The molecule has 0 saturated carbocycles. The molecule has 0 N–H and O–H groups in total. The number of carbonyl (C=O) groups excluding carboxylic acids is 2. The summed E-state index contributed by atoms with van der Waals surface area (Å²) < 4.78 is 16.5. The molecule has 2 aromatic rings. The lowest BCUT2D eigenvalue weighted by molar-refractivity contribution is -0.142. The highest BCUT2D eigenvalue weighted by Gasteiger charge is 2.25. The summed E-state index contributed by atoms with van der Waals surface area (Å²) in [6, 6.07) is 9.57. The van der Waals surface area contributed by atoms with Gasteiger partial charge in [0.15, 0.2) is 11.5 Å². The van der Waals surface area contributed by atoms with Crippen LogP contribution in [0.3, 0.4) is 0 Å². The Morgan fingerprint density at radius 2 is 1.64 bits per heavy atom. The molecular formula is C29H44N2O5. The lowest BCUT2D eigenvalue weighted by Gasteiger charge is -2.30. The summed E-state index contributed by atoms with van der Waals surface area (Å²) in [5.41, 5.74) is 0.885. The molecule has 1 aromatic heterocycles. The number of amides is 2. The van der Waals surface area contributed by atoms with Crippen molar-refractivity contribution in [2.24, 2.45) is 11.3 Å². The molecule has 0 radical (unpaired) electrons. The minimum Gasteiger partial charge on any atom is -0.493 e. The normalized spacial score (nSPS) is 11.5. The Labute approximate surface area is 216 Å². The maximum Gasteiger partial charge on any atom is 0.242 e. The molecule has 7 nitrogen and oxygen atoms in total. The molecular weight excluding hydrogens is 456 g/mol. The van der Waals surface area contributed by atoms with Gasteiger partial charge in [-0.3, -0.25) is 9.59 Å². The van der Waals surface area contributed by atoms with Gasteiger partial charge in [-0.1, -0.05) is 40.7 Å². The SMILES string of the molecule is COc1ccc(CCN(Cc2ccc(C)o2)C(=O)CN(CCC(C)C)C(=O)CC(C)(C)C)cc1OC. The number of rotatable bonds is 13. The van der Waals surface area contributed by atoms with Crippen LogP contribution in [0.1, 0.15) is 64.5 Å². The molecule has 0 saturated heterocycles. The third kappa shape index (κ3) is 9.59. The number of hydrogen-bond donors (Lipinski definition) is 0. The molecule has 0 unspecified atom stereocenters. The van der Waals surface area contributed by atoms with Gasteiger partial charge in [-0.25, -0.2) is 0 Å². The molecule has 7 heteroatoms. The highest BCUT2D eigenvalue weighted by Crippen LogP contribution is 2.28. The van der Waals surface area contributed by atoms with E-state index in [2.05, 4.69) is 13.8 Å². The molecule has 0 aliphatic rings. The van der Waals surface area contributed by atoms with E-state index in [1.165, 1.54) is 0 Å². The maximum atomic E-state index is 13.6. The van der Waals surface area contributed by atoms with Crippen LogP contribution < -0.4 is 9.47 Å². The third-order valence-electron chi connectivity index (χ3n) is 5.95. The number of hydrogen-bond acceptors (Lipinski definition) is 5. The molecule has 0 atom stereocenters. The van der Waals surface area contributed by atoms with Crippen LogP contribution in [0.25, 0.3) is 0 Å². The van der Waals surface area contributed by atoms with Gasteiger partial charge in [0, 0.05) is 19.5 Å². The molecule has 36 heavy (non-hydrogen) atoms. The van der Waals surface area contributed by atoms with E-state index in [-0.39, 0.29) is 23.8 Å². The first-order valence-electron chi connectivity index (χ1n) is 12.7. The largest absolute Gasteiger partial charge is 0.493 e. The summed E-state index contributed by atoms with van der Waals surface area (Å²) in [7, 11) is 3.21.